The Labute approximate surface area is 87.6 Å². The summed E-state index contributed by atoms with van der Waals surface area (Å²) in [6.45, 7) is 7.24. The Morgan fingerprint density at radius 1 is 1.43 bits per heavy atom. The van der Waals surface area contributed by atoms with Gasteiger partial charge in [0.15, 0.2) is 0 Å². The Morgan fingerprint density at radius 3 is 2.43 bits per heavy atom. The molecule has 0 aliphatic heterocycles. The average Bonchev–Trinajstić information content (AvgIpc) is 2.14. The molecule has 0 aliphatic carbocycles. The molecule has 0 amide bonds. The number of aliphatic hydroxyl groups excluding tert-OH is 1. The first-order valence-electron chi connectivity index (χ1n) is 5.32. The second-order valence-electron chi connectivity index (χ2n) is 4.41. The summed E-state index contributed by atoms with van der Waals surface area (Å²) in [5.74, 6) is 0. The smallest absolute Gasteiger partial charge is 0.0558 e. The largest absolute Gasteiger partial charge is 0.395 e. The zero-order chi connectivity index (χ0) is 11.2. The van der Waals surface area contributed by atoms with E-state index in [4.69, 9.17) is 10.5 Å². The molecular formula is C11H24N2O. The number of β-amino-alcohol motifs (C(OH)–C–C–N with tert-alkyl or cyclic N) is 1. The van der Waals surface area contributed by atoms with Crippen LogP contribution in [0, 0.1) is 5.41 Å². The average molecular weight is 200 g/mol. The molecule has 0 unspecified atom stereocenters. The molecule has 0 aromatic heterocycles. The predicted molar refractivity (Wildman–Crippen MR) is 61.0 cm³/mol. The summed E-state index contributed by atoms with van der Waals surface area (Å²) in [5, 5.41) is 16.4. The summed E-state index contributed by atoms with van der Waals surface area (Å²) in [6, 6.07) is 0. The van der Waals surface area contributed by atoms with E-state index in [9.17, 15) is 0 Å². The van der Waals surface area contributed by atoms with Crippen molar-refractivity contribution in [2.45, 2.75) is 45.6 Å². The van der Waals surface area contributed by atoms with Crippen molar-refractivity contribution in [3.8, 4) is 0 Å². The second kappa shape index (κ2) is 6.14. The molecule has 0 spiro atoms. The van der Waals surface area contributed by atoms with Crippen LogP contribution in [0.2, 0.25) is 0 Å². The van der Waals surface area contributed by atoms with E-state index in [-0.39, 0.29) is 12.1 Å². The molecule has 0 radical (unpaired) electrons. The van der Waals surface area contributed by atoms with Gasteiger partial charge in [-0.25, -0.2) is 0 Å². The fraction of sp³-hybridized carbons (Fsp3) is 0.909. The summed E-state index contributed by atoms with van der Waals surface area (Å²) in [7, 11) is 2.02. The first-order valence-corrected chi connectivity index (χ1v) is 5.32. The van der Waals surface area contributed by atoms with Gasteiger partial charge in [0.1, 0.15) is 0 Å². The van der Waals surface area contributed by atoms with E-state index in [1.54, 1.807) is 0 Å². The maximum absolute atomic E-state index is 8.84. The number of hydrogen-bond donors (Lipinski definition) is 2. The van der Waals surface area contributed by atoms with Gasteiger partial charge in [-0.05, 0) is 40.2 Å². The van der Waals surface area contributed by atoms with Crippen molar-refractivity contribution >= 4 is 5.71 Å². The van der Waals surface area contributed by atoms with E-state index >= 15 is 0 Å². The van der Waals surface area contributed by atoms with Crippen LogP contribution >= 0.6 is 0 Å². The van der Waals surface area contributed by atoms with Crippen LogP contribution in [0.25, 0.3) is 0 Å². The lowest BCUT2D eigenvalue weighted by atomic mass is 9.94. The summed E-state index contributed by atoms with van der Waals surface area (Å²) < 4.78 is 0. The van der Waals surface area contributed by atoms with E-state index in [0.29, 0.717) is 6.54 Å². The van der Waals surface area contributed by atoms with Crippen LogP contribution in [0.5, 0.6) is 0 Å². The lowest BCUT2D eigenvalue weighted by Crippen LogP contribution is -2.42. The lowest BCUT2D eigenvalue weighted by Gasteiger charge is -2.35. The van der Waals surface area contributed by atoms with Crippen LogP contribution in [-0.4, -0.2) is 41.5 Å². The summed E-state index contributed by atoms with van der Waals surface area (Å²) in [4.78, 5) is 2.15. The Morgan fingerprint density at radius 2 is 2.00 bits per heavy atom. The third-order valence-electron chi connectivity index (χ3n) is 2.93. The highest BCUT2D eigenvalue weighted by atomic mass is 16.3. The molecule has 3 heteroatoms. The van der Waals surface area contributed by atoms with Gasteiger partial charge in [-0.3, -0.25) is 4.90 Å². The van der Waals surface area contributed by atoms with E-state index in [1.807, 2.05) is 14.0 Å². The molecule has 0 aliphatic rings. The maximum atomic E-state index is 8.84. The number of nitrogens with one attached hydrogen (secondary N) is 1. The maximum Gasteiger partial charge on any atom is 0.0558 e. The van der Waals surface area contributed by atoms with E-state index in [2.05, 4.69) is 18.7 Å². The van der Waals surface area contributed by atoms with Crippen LogP contribution in [-0.2, 0) is 0 Å². The molecule has 0 saturated heterocycles. The van der Waals surface area contributed by atoms with E-state index in [1.165, 1.54) is 0 Å². The van der Waals surface area contributed by atoms with Crippen molar-refractivity contribution in [2.24, 2.45) is 0 Å². The highest BCUT2D eigenvalue weighted by Crippen LogP contribution is 2.19. The molecule has 14 heavy (non-hydrogen) atoms. The summed E-state index contributed by atoms with van der Waals surface area (Å²) >= 11 is 0. The normalized spacial score (nSPS) is 12.1. The van der Waals surface area contributed by atoms with Crippen molar-refractivity contribution in [1.82, 2.24) is 4.90 Å². The van der Waals surface area contributed by atoms with E-state index < -0.39 is 0 Å². The number of rotatable bonds is 7. The zero-order valence-electron chi connectivity index (χ0n) is 9.93. The SMILES string of the molecule is CCC(=N)CCC(C)(C)N(C)CCO. The molecule has 0 fully saturated rings. The van der Waals surface area contributed by atoms with Crippen molar-refractivity contribution in [2.75, 3.05) is 20.2 Å². The quantitative estimate of drug-likeness (QED) is 0.617. The van der Waals surface area contributed by atoms with Crippen molar-refractivity contribution in [3.63, 3.8) is 0 Å². The van der Waals surface area contributed by atoms with Gasteiger partial charge in [-0.15, -0.1) is 0 Å². The molecule has 84 valence electrons. The Balaban J connectivity index is 3.99. The molecule has 0 aromatic carbocycles. The summed E-state index contributed by atoms with van der Waals surface area (Å²) in [5.41, 5.74) is 0.889. The van der Waals surface area contributed by atoms with Gasteiger partial charge in [-0.2, -0.15) is 0 Å². The fourth-order valence-electron chi connectivity index (χ4n) is 1.28. The monoisotopic (exact) mass is 200 g/mol. The molecule has 0 atom stereocenters. The minimum Gasteiger partial charge on any atom is -0.395 e. The van der Waals surface area contributed by atoms with Gasteiger partial charge >= 0.3 is 0 Å². The van der Waals surface area contributed by atoms with Crippen molar-refractivity contribution < 1.29 is 5.11 Å². The number of hydrogen-bond acceptors (Lipinski definition) is 3. The Kier molecular flexibility index (Phi) is 5.96. The van der Waals surface area contributed by atoms with Gasteiger partial charge in [-0.1, -0.05) is 6.92 Å². The lowest BCUT2D eigenvalue weighted by molar-refractivity contribution is 0.117. The highest BCUT2D eigenvalue weighted by molar-refractivity contribution is 5.80. The standard InChI is InChI=1S/C11H24N2O/c1-5-10(12)6-7-11(2,3)13(4)8-9-14/h12,14H,5-9H2,1-4H3. The van der Waals surface area contributed by atoms with Gasteiger partial charge in [0, 0.05) is 17.8 Å². The Bertz CT molecular complexity index is 178. The van der Waals surface area contributed by atoms with Crippen LogP contribution < -0.4 is 0 Å². The summed E-state index contributed by atoms with van der Waals surface area (Å²) in [6.07, 6.45) is 2.69. The molecule has 2 N–H and O–H groups in total. The highest BCUT2D eigenvalue weighted by Gasteiger charge is 2.22. The number of aliphatic hydroxyl groups is 1. The van der Waals surface area contributed by atoms with Gasteiger partial charge in [0.2, 0.25) is 0 Å². The Hall–Kier alpha value is -0.410. The van der Waals surface area contributed by atoms with Gasteiger partial charge in [0.25, 0.3) is 0 Å². The van der Waals surface area contributed by atoms with Crippen LogP contribution in [0.15, 0.2) is 0 Å². The van der Waals surface area contributed by atoms with Gasteiger partial charge < -0.3 is 10.5 Å². The van der Waals surface area contributed by atoms with Crippen LogP contribution in [0.3, 0.4) is 0 Å². The minimum absolute atomic E-state index is 0.0736. The van der Waals surface area contributed by atoms with Gasteiger partial charge in [0.05, 0.1) is 6.61 Å². The van der Waals surface area contributed by atoms with Crippen LogP contribution in [0.4, 0.5) is 0 Å². The number of nitrogens with zero attached hydrogens (tertiary/aromatic N) is 1. The first kappa shape index (κ1) is 13.6. The molecule has 0 aromatic rings. The minimum atomic E-state index is 0.0736. The molecule has 0 heterocycles. The predicted octanol–water partition coefficient (Wildman–Crippen LogP) is 1.90. The fourth-order valence-corrected chi connectivity index (χ4v) is 1.28. The third-order valence-corrected chi connectivity index (χ3v) is 2.93. The second-order valence-corrected chi connectivity index (χ2v) is 4.41. The third kappa shape index (κ3) is 4.72. The first-order chi connectivity index (χ1) is 6.44. The molecule has 3 nitrogen and oxygen atoms in total. The van der Waals surface area contributed by atoms with E-state index in [0.717, 1.165) is 25.0 Å². The molecule has 0 saturated carbocycles. The zero-order valence-corrected chi connectivity index (χ0v) is 9.93. The van der Waals surface area contributed by atoms with Crippen molar-refractivity contribution in [3.05, 3.63) is 0 Å². The topological polar surface area (TPSA) is 47.3 Å². The molecule has 0 bridgehead atoms. The molecular weight excluding hydrogens is 176 g/mol. The molecule has 0 rings (SSSR count). The van der Waals surface area contributed by atoms with Crippen molar-refractivity contribution in [1.29, 1.82) is 5.41 Å². The number of likely N-dealkylation sites (N-methyl/N-ethyl adjacent to an activating group) is 1. The van der Waals surface area contributed by atoms with Crippen LogP contribution in [0.1, 0.15) is 40.0 Å².